The lowest BCUT2D eigenvalue weighted by atomic mass is 10.2. The summed E-state index contributed by atoms with van der Waals surface area (Å²) in [5.74, 6) is 0.924. The Morgan fingerprint density at radius 1 is 1.45 bits per heavy atom. The predicted octanol–water partition coefficient (Wildman–Crippen LogP) is 1.97. The summed E-state index contributed by atoms with van der Waals surface area (Å²) in [5.41, 5.74) is 7.49. The summed E-state index contributed by atoms with van der Waals surface area (Å²) in [6, 6.07) is 7.92. The van der Waals surface area contributed by atoms with E-state index in [2.05, 4.69) is 27.9 Å². The first kappa shape index (κ1) is 14.5. The average Bonchev–Trinajstić information content (AvgIpc) is 2.83. The molecule has 20 heavy (non-hydrogen) atoms. The van der Waals surface area contributed by atoms with Crippen molar-refractivity contribution in [1.29, 1.82) is 0 Å². The Hall–Kier alpha value is -1.88. The van der Waals surface area contributed by atoms with E-state index in [0.717, 1.165) is 23.4 Å². The van der Waals surface area contributed by atoms with Crippen LogP contribution >= 0.6 is 0 Å². The number of aromatic nitrogens is 2. The van der Waals surface area contributed by atoms with E-state index in [1.807, 2.05) is 25.1 Å². The molecular weight excluding hydrogens is 252 g/mol. The van der Waals surface area contributed by atoms with E-state index in [9.17, 15) is 4.79 Å². The maximum atomic E-state index is 11.8. The van der Waals surface area contributed by atoms with Gasteiger partial charge in [0, 0.05) is 13.0 Å². The normalized spacial score (nSPS) is 12.6. The van der Waals surface area contributed by atoms with E-state index in [1.54, 1.807) is 0 Å². The van der Waals surface area contributed by atoms with E-state index in [1.165, 1.54) is 0 Å². The van der Waals surface area contributed by atoms with Crippen molar-refractivity contribution in [2.45, 2.75) is 39.3 Å². The van der Waals surface area contributed by atoms with E-state index < -0.39 is 0 Å². The van der Waals surface area contributed by atoms with Crippen LogP contribution in [0.2, 0.25) is 0 Å². The molecule has 5 heteroatoms. The van der Waals surface area contributed by atoms with Crippen molar-refractivity contribution in [2.75, 3.05) is 6.54 Å². The minimum Gasteiger partial charge on any atom is -0.346 e. The molecule has 0 aliphatic carbocycles. The van der Waals surface area contributed by atoms with Crippen LogP contribution in [0.1, 0.15) is 38.6 Å². The zero-order chi connectivity index (χ0) is 14.5. The number of para-hydroxylation sites is 2. The van der Waals surface area contributed by atoms with Gasteiger partial charge in [-0.05, 0) is 38.9 Å². The fraction of sp³-hybridized carbons (Fsp3) is 0.467. The molecule has 3 N–H and O–H groups in total. The van der Waals surface area contributed by atoms with Crippen molar-refractivity contribution in [3.8, 4) is 0 Å². The molecule has 1 aromatic heterocycles. The fourth-order valence-electron chi connectivity index (χ4n) is 2.40. The van der Waals surface area contributed by atoms with Crippen LogP contribution in [-0.4, -0.2) is 22.0 Å². The highest BCUT2D eigenvalue weighted by molar-refractivity contribution is 5.78. The highest BCUT2D eigenvalue weighted by Crippen LogP contribution is 2.20. The summed E-state index contributed by atoms with van der Waals surface area (Å²) < 4.78 is 2.14. The Kier molecular flexibility index (Phi) is 4.74. The highest BCUT2D eigenvalue weighted by Gasteiger charge is 2.17. The Morgan fingerprint density at radius 3 is 2.90 bits per heavy atom. The number of carbonyl (C=O) groups is 1. The van der Waals surface area contributed by atoms with Crippen LogP contribution in [0.5, 0.6) is 0 Å². The number of benzene rings is 1. The lowest BCUT2D eigenvalue weighted by Gasteiger charge is -2.15. The smallest absolute Gasteiger partial charge is 0.220 e. The Bertz CT molecular complexity index is 591. The van der Waals surface area contributed by atoms with Crippen LogP contribution in [0.3, 0.4) is 0 Å². The van der Waals surface area contributed by atoms with Crippen LogP contribution in [0.4, 0.5) is 0 Å². The van der Waals surface area contributed by atoms with Crippen LogP contribution < -0.4 is 11.1 Å². The maximum Gasteiger partial charge on any atom is 0.220 e. The molecule has 1 unspecified atom stereocenters. The van der Waals surface area contributed by atoms with Crippen LogP contribution in [-0.2, 0) is 11.3 Å². The first-order valence-corrected chi connectivity index (χ1v) is 7.12. The summed E-state index contributed by atoms with van der Waals surface area (Å²) >= 11 is 0. The zero-order valence-electron chi connectivity index (χ0n) is 12.1. The number of fused-ring (bicyclic) bond motifs is 1. The summed E-state index contributed by atoms with van der Waals surface area (Å²) in [7, 11) is 0. The minimum atomic E-state index is -0.104. The number of nitrogens with one attached hydrogen (secondary N) is 1. The number of nitrogens with zero attached hydrogens (tertiary/aromatic N) is 2. The molecule has 0 bridgehead atoms. The molecule has 108 valence electrons. The quantitative estimate of drug-likeness (QED) is 0.846. The van der Waals surface area contributed by atoms with Gasteiger partial charge in [-0.25, -0.2) is 4.98 Å². The number of amides is 1. The van der Waals surface area contributed by atoms with E-state index >= 15 is 0 Å². The molecule has 0 aliphatic heterocycles. The van der Waals surface area contributed by atoms with Crippen molar-refractivity contribution in [3.05, 3.63) is 30.1 Å². The van der Waals surface area contributed by atoms with Gasteiger partial charge in [-0.1, -0.05) is 12.1 Å². The van der Waals surface area contributed by atoms with E-state index in [4.69, 9.17) is 5.73 Å². The monoisotopic (exact) mass is 274 g/mol. The van der Waals surface area contributed by atoms with Crippen LogP contribution in [0.15, 0.2) is 24.3 Å². The molecular formula is C15H22N4O. The highest BCUT2D eigenvalue weighted by atomic mass is 16.1. The predicted molar refractivity (Wildman–Crippen MR) is 80.3 cm³/mol. The van der Waals surface area contributed by atoms with Crippen molar-refractivity contribution in [2.24, 2.45) is 5.73 Å². The van der Waals surface area contributed by atoms with Gasteiger partial charge >= 0.3 is 0 Å². The van der Waals surface area contributed by atoms with Gasteiger partial charge in [0.05, 0.1) is 17.1 Å². The number of aryl methyl sites for hydroxylation is 1. The van der Waals surface area contributed by atoms with Crippen molar-refractivity contribution in [1.82, 2.24) is 14.9 Å². The number of nitrogens with two attached hydrogens (primary N) is 1. The van der Waals surface area contributed by atoms with Crippen molar-refractivity contribution >= 4 is 16.9 Å². The summed E-state index contributed by atoms with van der Waals surface area (Å²) in [6.07, 6.45) is 1.18. The zero-order valence-corrected chi connectivity index (χ0v) is 12.1. The molecule has 0 aliphatic rings. The Balaban J connectivity index is 2.21. The van der Waals surface area contributed by atoms with Crippen molar-refractivity contribution < 1.29 is 4.79 Å². The number of hydrogen-bond acceptors (Lipinski definition) is 3. The summed E-state index contributed by atoms with van der Waals surface area (Å²) in [6.45, 7) is 5.42. The number of imidazole rings is 1. The molecule has 0 fully saturated rings. The third kappa shape index (κ3) is 2.99. The SMILES string of the molecule is CCn1c(C(C)NC(=O)CCCN)nc2ccccc21. The van der Waals surface area contributed by atoms with Gasteiger partial charge in [0.25, 0.3) is 0 Å². The second kappa shape index (κ2) is 6.52. The molecule has 2 rings (SSSR count). The molecule has 0 radical (unpaired) electrons. The van der Waals surface area contributed by atoms with E-state index in [-0.39, 0.29) is 11.9 Å². The number of carbonyl (C=O) groups excluding carboxylic acids is 1. The van der Waals surface area contributed by atoms with Gasteiger partial charge in [-0.3, -0.25) is 4.79 Å². The molecule has 2 aromatic rings. The lowest BCUT2D eigenvalue weighted by Crippen LogP contribution is -2.28. The third-order valence-corrected chi connectivity index (χ3v) is 3.37. The first-order valence-electron chi connectivity index (χ1n) is 7.12. The van der Waals surface area contributed by atoms with Crippen LogP contribution in [0, 0.1) is 0 Å². The molecule has 1 atom stereocenters. The molecule has 5 nitrogen and oxygen atoms in total. The average molecular weight is 274 g/mol. The molecule has 1 amide bonds. The molecule has 1 aromatic carbocycles. The Morgan fingerprint density at radius 2 is 2.20 bits per heavy atom. The fourth-order valence-corrected chi connectivity index (χ4v) is 2.40. The van der Waals surface area contributed by atoms with Gasteiger partial charge in [0.1, 0.15) is 5.82 Å². The summed E-state index contributed by atoms with van der Waals surface area (Å²) in [4.78, 5) is 16.4. The molecule has 0 spiro atoms. The maximum absolute atomic E-state index is 11.8. The number of hydrogen-bond donors (Lipinski definition) is 2. The van der Waals surface area contributed by atoms with E-state index in [0.29, 0.717) is 19.4 Å². The van der Waals surface area contributed by atoms with Gasteiger partial charge in [-0.2, -0.15) is 0 Å². The summed E-state index contributed by atoms with van der Waals surface area (Å²) in [5, 5.41) is 2.99. The Labute approximate surface area is 119 Å². The van der Waals surface area contributed by atoms with Gasteiger partial charge in [0.15, 0.2) is 0 Å². The van der Waals surface area contributed by atoms with Gasteiger partial charge in [-0.15, -0.1) is 0 Å². The largest absolute Gasteiger partial charge is 0.346 e. The van der Waals surface area contributed by atoms with Crippen molar-refractivity contribution in [3.63, 3.8) is 0 Å². The molecule has 0 saturated heterocycles. The molecule has 1 heterocycles. The standard InChI is InChI=1S/C15H22N4O/c1-3-19-13-8-5-4-7-12(13)18-15(19)11(2)17-14(20)9-6-10-16/h4-5,7-8,11H,3,6,9-10,16H2,1-2H3,(H,17,20). The second-order valence-corrected chi connectivity index (χ2v) is 4.88. The van der Waals surface area contributed by atoms with Crippen LogP contribution in [0.25, 0.3) is 11.0 Å². The number of rotatable bonds is 6. The lowest BCUT2D eigenvalue weighted by molar-refractivity contribution is -0.121. The minimum absolute atomic E-state index is 0.0256. The van der Waals surface area contributed by atoms with Gasteiger partial charge in [0.2, 0.25) is 5.91 Å². The second-order valence-electron chi connectivity index (χ2n) is 4.88. The third-order valence-electron chi connectivity index (χ3n) is 3.37. The molecule has 0 saturated carbocycles. The van der Waals surface area contributed by atoms with Gasteiger partial charge < -0.3 is 15.6 Å². The topological polar surface area (TPSA) is 72.9 Å². The first-order chi connectivity index (χ1) is 9.67.